The van der Waals surface area contributed by atoms with Crippen LogP contribution in [-0.2, 0) is 6.54 Å². The van der Waals surface area contributed by atoms with Gasteiger partial charge in [0.25, 0.3) is 0 Å². The lowest BCUT2D eigenvalue weighted by Gasteiger charge is -2.03. The summed E-state index contributed by atoms with van der Waals surface area (Å²) in [6.45, 7) is 0.400. The molecule has 2 aromatic carbocycles. The first kappa shape index (κ1) is 11.1. The average molecular weight is 254 g/mol. The number of hydrogen-bond acceptors (Lipinski definition) is 2. The van der Waals surface area contributed by atoms with Crippen molar-refractivity contribution in [3.8, 4) is 0 Å². The van der Waals surface area contributed by atoms with E-state index in [9.17, 15) is 4.79 Å². The van der Waals surface area contributed by atoms with E-state index in [4.69, 9.17) is 0 Å². The van der Waals surface area contributed by atoms with Crippen LogP contribution in [-0.4, -0.2) is 5.78 Å². The quantitative estimate of drug-likeness (QED) is 0.520. The Labute approximate surface area is 109 Å². The molecule has 0 spiro atoms. The fraction of sp³-hybridized carbons (Fsp3) is 0.0667. The molecular formula is C15H12NOS+. The second-order valence-corrected chi connectivity index (χ2v) is 4.90. The van der Waals surface area contributed by atoms with E-state index in [0.29, 0.717) is 6.54 Å². The zero-order chi connectivity index (χ0) is 12.4. The molecule has 0 saturated carbocycles. The van der Waals surface area contributed by atoms with Gasteiger partial charge in [0.1, 0.15) is 0 Å². The highest BCUT2D eigenvalue weighted by molar-refractivity contribution is 7.07. The second-order valence-electron chi connectivity index (χ2n) is 4.15. The third kappa shape index (κ3) is 2.05. The topological polar surface area (TPSA) is 20.9 Å². The Balaban J connectivity index is 2.01. The van der Waals surface area contributed by atoms with Crippen molar-refractivity contribution in [2.75, 3.05) is 0 Å². The maximum atomic E-state index is 12.3. The molecule has 0 radical (unpaired) electrons. The van der Waals surface area contributed by atoms with E-state index in [1.165, 1.54) is 0 Å². The molecule has 0 saturated heterocycles. The largest absolute Gasteiger partial charge is 0.287 e. The van der Waals surface area contributed by atoms with Crippen LogP contribution in [0.15, 0.2) is 59.6 Å². The number of nitrogens with zero attached hydrogens (tertiary/aromatic N) is 1. The molecule has 0 fully saturated rings. The molecule has 0 N–H and O–H groups in total. The summed E-state index contributed by atoms with van der Waals surface area (Å²) < 4.78 is 1.91. The number of ketones is 1. The molecule has 0 aliphatic heterocycles. The van der Waals surface area contributed by atoms with Crippen molar-refractivity contribution in [2.24, 2.45) is 0 Å². The SMILES string of the molecule is O=C(C[n+]1ccsc1)c1cccc2ccccc12. The van der Waals surface area contributed by atoms with E-state index in [0.717, 1.165) is 16.3 Å². The van der Waals surface area contributed by atoms with E-state index in [2.05, 4.69) is 0 Å². The Kier molecular flexibility index (Phi) is 2.90. The molecule has 88 valence electrons. The van der Waals surface area contributed by atoms with Crippen LogP contribution in [0.3, 0.4) is 0 Å². The molecular weight excluding hydrogens is 242 g/mol. The normalized spacial score (nSPS) is 10.7. The first-order valence-electron chi connectivity index (χ1n) is 5.77. The highest BCUT2D eigenvalue weighted by atomic mass is 32.1. The molecule has 0 amide bonds. The van der Waals surface area contributed by atoms with Gasteiger partial charge >= 0.3 is 0 Å². The van der Waals surface area contributed by atoms with Gasteiger partial charge < -0.3 is 0 Å². The molecule has 3 aromatic rings. The number of Topliss-reactive ketones (excluding diaryl/α,β-unsaturated/α-hetero) is 1. The number of benzene rings is 2. The summed E-state index contributed by atoms with van der Waals surface area (Å²) >= 11 is 1.59. The Hall–Kier alpha value is -2.00. The minimum atomic E-state index is 0.148. The predicted octanol–water partition coefficient (Wildman–Crippen LogP) is 3.07. The summed E-state index contributed by atoms with van der Waals surface area (Å²) in [5.74, 6) is 0.148. The lowest BCUT2D eigenvalue weighted by molar-refractivity contribution is -0.678. The molecule has 2 nitrogen and oxygen atoms in total. The first-order chi connectivity index (χ1) is 8.84. The molecule has 3 rings (SSSR count). The number of hydrogen-bond donors (Lipinski definition) is 0. The third-order valence-corrected chi connectivity index (χ3v) is 3.61. The van der Waals surface area contributed by atoms with Crippen LogP contribution in [0.4, 0.5) is 0 Å². The minimum absolute atomic E-state index is 0.148. The van der Waals surface area contributed by atoms with Gasteiger partial charge in [-0.1, -0.05) is 53.8 Å². The molecule has 0 aliphatic carbocycles. The van der Waals surface area contributed by atoms with Crippen LogP contribution in [0.1, 0.15) is 10.4 Å². The Bertz CT molecular complexity index is 683. The fourth-order valence-electron chi connectivity index (χ4n) is 2.07. The van der Waals surface area contributed by atoms with E-state index in [1.54, 1.807) is 11.3 Å². The highest BCUT2D eigenvalue weighted by Crippen LogP contribution is 2.18. The Morgan fingerprint density at radius 2 is 1.94 bits per heavy atom. The molecule has 18 heavy (non-hydrogen) atoms. The highest BCUT2D eigenvalue weighted by Gasteiger charge is 2.14. The summed E-state index contributed by atoms with van der Waals surface area (Å²) in [5.41, 5.74) is 2.75. The van der Waals surface area contributed by atoms with Crippen LogP contribution in [0.2, 0.25) is 0 Å². The molecule has 1 heterocycles. The van der Waals surface area contributed by atoms with Crippen molar-refractivity contribution in [1.29, 1.82) is 0 Å². The number of fused-ring (bicyclic) bond motifs is 1. The van der Waals surface area contributed by atoms with Gasteiger partial charge in [-0.15, -0.1) is 0 Å². The molecule has 0 aliphatic rings. The van der Waals surface area contributed by atoms with Crippen molar-refractivity contribution in [3.63, 3.8) is 0 Å². The van der Waals surface area contributed by atoms with Gasteiger partial charge in [-0.2, -0.15) is 4.57 Å². The number of aromatic nitrogens is 1. The maximum Gasteiger partial charge on any atom is 0.228 e. The summed E-state index contributed by atoms with van der Waals surface area (Å²) in [6, 6.07) is 13.9. The molecule has 0 bridgehead atoms. The average Bonchev–Trinajstić information content (AvgIpc) is 2.91. The van der Waals surface area contributed by atoms with Crippen LogP contribution < -0.4 is 4.57 Å². The van der Waals surface area contributed by atoms with Crippen molar-refractivity contribution < 1.29 is 9.36 Å². The molecule has 0 atom stereocenters. The second kappa shape index (κ2) is 4.70. The number of thiazole rings is 1. The molecule has 3 heteroatoms. The first-order valence-corrected chi connectivity index (χ1v) is 6.71. The van der Waals surface area contributed by atoms with E-state index in [1.807, 2.05) is 64.1 Å². The van der Waals surface area contributed by atoms with E-state index >= 15 is 0 Å². The zero-order valence-electron chi connectivity index (χ0n) is 9.74. The van der Waals surface area contributed by atoms with E-state index < -0.39 is 0 Å². The maximum absolute atomic E-state index is 12.3. The van der Waals surface area contributed by atoms with E-state index in [-0.39, 0.29) is 5.78 Å². The van der Waals surface area contributed by atoms with Crippen LogP contribution in [0.25, 0.3) is 10.8 Å². The number of rotatable bonds is 3. The standard InChI is InChI=1S/C15H12NOS/c17-15(10-16-8-9-18-11-16)14-7-3-5-12-4-1-2-6-13(12)14/h1-9,11H,10H2/q+1. The van der Waals surface area contributed by atoms with Gasteiger partial charge in [-0.05, 0) is 10.8 Å². The van der Waals surface area contributed by atoms with Crippen molar-refractivity contribution in [2.45, 2.75) is 6.54 Å². The summed E-state index contributed by atoms with van der Waals surface area (Å²) in [5, 5.41) is 4.11. The van der Waals surface area contributed by atoms with Crippen molar-refractivity contribution >= 4 is 27.9 Å². The van der Waals surface area contributed by atoms with Gasteiger partial charge in [0.15, 0.2) is 6.20 Å². The van der Waals surface area contributed by atoms with Crippen LogP contribution >= 0.6 is 11.3 Å². The third-order valence-electron chi connectivity index (χ3n) is 2.94. The Morgan fingerprint density at radius 1 is 1.11 bits per heavy atom. The monoisotopic (exact) mass is 254 g/mol. The fourth-order valence-corrected chi connectivity index (χ4v) is 2.67. The number of carbonyl (C=O) groups excluding carboxylic acids is 1. The zero-order valence-corrected chi connectivity index (χ0v) is 10.6. The van der Waals surface area contributed by atoms with Crippen molar-refractivity contribution in [1.82, 2.24) is 0 Å². The van der Waals surface area contributed by atoms with Crippen LogP contribution in [0.5, 0.6) is 0 Å². The number of carbonyl (C=O) groups is 1. The van der Waals surface area contributed by atoms with Gasteiger partial charge in [-0.3, -0.25) is 4.79 Å². The lowest BCUT2D eigenvalue weighted by Crippen LogP contribution is -2.35. The van der Waals surface area contributed by atoms with Crippen LogP contribution in [0, 0.1) is 0 Å². The molecule has 1 aromatic heterocycles. The summed E-state index contributed by atoms with van der Waals surface area (Å²) in [4.78, 5) is 12.3. The van der Waals surface area contributed by atoms with Gasteiger partial charge in [0.2, 0.25) is 17.8 Å². The smallest absolute Gasteiger partial charge is 0.228 e. The summed E-state index contributed by atoms with van der Waals surface area (Å²) in [6.07, 6.45) is 1.92. The van der Waals surface area contributed by atoms with Crippen molar-refractivity contribution in [3.05, 3.63) is 65.1 Å². The Morgan fingerprint density at radius 3 is 2.78 bits per heavy atom. The summed E-state index contributed by atoms with van der Waals surface area (Å²) in [7, 11) is 0. The predicted molar refractivity (Wildman–Crippen MR) is 72.8 cm³/mol. The lowest BCUT2D eigenvalue weighted by atomic mass is 10.0. The molecule has 0 unspecified atom stereocenters. The van der Waals surface area contributed by atoms with Gasteiger partial charge in [0.05, 0.1) is 5.38 Å². The van der Waals surface area contributed by atoms with Gasteiger partial charge in [-0.25, -0.2) is 0 Å². The van der Waals surface area contributed by atoms with Gasteiger partial charge in [0, 0.05) is 5.56 Å². The minimum Gasteiger partial charge on any atom is -0.287 e.